The summed E-state index contributed by atoms with van der Waals surface area (Å²) in [6.07, 6.45) is 0. The van der Waals surface area contributed by atoms with Crippen molar-refractivity contribution in [1.29, 1.82) is 0 Å². The van der Waals surface area contributed by atoms with Crippen molar-refractivity contribution in [2.24, 2.45) is 0 Å². The molecule has 1 amide bonds. The highest BCUT2D eigenvalue weighted by Crippen LogP contribution is 2.23. The lowest BCUT2D eigenvalue weighted by Crippen LogP contribution is -2.17. The van der Waals surface area contributed by atoms with E-state index in [1.165, 1.54) is 0 Å². The van der Waals surface area contributed by atoms with E-state index in [9.17, 15) is 4.79 Å². The molecule has 2 heterocycles. The third kappa shape index (κ3) is 3.68. The van der Waals surface area contributed by atoms with Crippen LogP contribution in [0.5, 0.6) is 5.75 Å². The summed E-state index contributed by atoms with van der Waals surface area (Å²) in [7, 11) is 0. The summed E-state index contributed by atoms with van der Waals surface area (Å²) in [5, 5.41) is 14.7. The summed E-state index contributed by atoms with van der Waals surface area (Å²) in [5.74, 6) is 0.741. The van der Waals surface area contributed by atoms with Gasteiger partial charge in [0.1, 0.15) is 11.4 Å². The third-order valence-electron chi connectivity index (χ3n) is 3.49. The highest BCUT2D eigenvalue weighted by Gasteiger charge is 2.17. The highest BCUT2D eigenvalue weighted by molar-refractivity contribution is 6.01. The summed E-state index contributed by atoms with van der Waals surface area (Å²) in [5.41, 5.74) is 1.96. The van der Waals surface area contributed by atoms with Gasteiger partial charge in [-0.2, -0.15) is 5.10 Å². The molecule has 0 fully saturated rings. The van der Waals surface area contributed by atoms with Crippen LogP contribution in [0, 0.1) is 6.92 Å². The maximum atomic E-state index is 12.4. The molecule has 0 bridgehead atoms. The zero-order valence-electron chi connectivity index (χ0n) is 14.3. The van der Waals surface area contributed by atoms with Crippen LogP contribution in [0.4, 0.5) is 6.01 Å². The Kier molecular flexibility index (Phi) is 4.78. The van der Waals surface area contributed by atoms with Gasteiger partial charge in [-0.15, -0.1) is 5.10 Å². The number of hydrogen-bond acceptors (Lipinski definition) is 6. The molecule has 1 aromatic carbocycles. The van der Waals surface area contributed by atoms with Crippen molar-refractivity contribution in [2.45, 2.75) is 27.3 Å². The van der Waals surface area contributed by atoms with Crippen LogP contribution in [0.1, 0.15) is 30.0 Å². The Morgan fingerprint density at radius 2 is 2.00 bits per heavy atom. The van der Waals surface area contributed by atoms with Gasteiger partial charge in [0.25, 0.3) is 5.91 Å². The van der Waals surface area contributed by atoms with E-state index < -0.39 is 0 Å². The van der Waals surface area contributed by atoms with Crippen LogP contribution < -0.4 is 10.1 Å². The molecule has 3 rings (SSSR count). The number of ether oxygens (including phenoxy) is 1. The molecule has 0 radical (unpaired) electrons. The topological polar surface area (TPSA) is 95.1 Å². The number of aryl methyl sites for hydroxylation is 2. The van der Waals surface area contributed by atoms with Gasteiger partial charge in [0.2, 0.25) is 5.89 Å². The molecule has 25 heavy (non-hydrogen) atoms. The Morgan fingerprint density at radius 3 is 2.68 bits per heavy atom. The smallest absolute Gasteiger partial charge is 0.322 e. The minimum atomic E-state index is -0.343. The van der Waals surface area contributed by atoms with Gasteiger partial charge in [-0.25, -0.2) is 0 Å². The summed E-state index contributed by atoms with van der Waals surface area (Å²) in [6.45, 7) is 6.87. The molecule has 0 saturated heterocycles. The highest BCUT2D eigenvalue weighted by atomic mass is 16.5. The van der Waals surface area contributed by atoms with Crippen LogP contribution in [-0.2, 0) is 6.54 Å². The van der Waals surface area contributed by atoms with Crippen LogP contribution in [0.25, 0.3) is 11.5 Å². The Labute approximate surface area is 144 Å². The quantitative estimate of drug-likeness (QED) is 0.741. The number of carbonyl (C=O) groups excluding carboxylic acids is 1. The van der Waals surface area contributed by atoms with Crippen LogP contribution >= 0.6 is 0 Å². The molecule has 3 aromatic rings. The number of carbonyl (C=O) groups is 1. The lowest BCUT2D eigenvalue weighted by Gasteiger charge is -2.03. The third-order valence-corrected chi connectivity index (χ3v) is 3.49. The van der Waals surface area contributed by atoms with Crippen molar-refractivity contribution in [3.8, 4) is 17.2 Å². The maximum absolute atomic E-state index is 12.4. The first-order valence-electron chi connectivity index (χ1n) is 8.03. The molecule has 0 unspecified atom stereocenters. The van der Waals surface area contributed by atoms with Crippen LogP contribution in [0.2, 0.25) is 0 Å². The van der Waals surface area contributed by atoms with E-state index in [0.717, 1.165) is 17.0 Å². The Balaban J connectivity index is 1.74. The maximum Gasteiger partial charge on any atom is 0.322 e. The van der Waals surface area contributed by atoms with E-state index in [-0.39, 0.29) is 11.9 Å². The molecular weight excluding hydrogens is 322 g/mol. The second kappa shape index (κ2) is 7.16. The molecule has 8 nitrogen and oxygen atoms in total. The molecule has 2 aromatic heterocycles. The number of aromatic nitrogens is 4. The van der Waals surface area contributed by atoms with Crippen molar-refractivity contribution in [2.75, 3.05) is 11.9 Å². The van der Waals surface area contributed by atoms with Gasteiger partial charge >= 0.3 is 6.01 Å². The number of anilines is 1. The zero-order chi connectivity index (χ0) is 17.8. The van der Waals surface area contributed by atoms with E-state index in [1.807, 2.05) is 45.0 Å². The predicted molar refractivity (Wildman–Crippen MR) is 91.5 cm³/mol. The number of benzene rings is 1. The average Bonchev–Trinajstić information content (AvgIpc) is 3.22. The summed E-state index contributed by atoms with van der Waals surface area (Å²) in [4.78, 5) is 12.4. The van der Waals surface area contributed by atoms with Gasteiger partial charge in [0.15, 0.2) is 0 Å². The van der Waals surface area contributed by atoms with Gasteiger partial charge < -0.3 is 9.15 Å². The molecule has 0 spiro atoms. The fourth-order valence-corrected chi connectivity index (χ4v) is 2.38. The van der Waals surface area contributed by atoms with Crippen LogP contribution in [0.3, 0.4) is 0 Å². The Bertz CT molecular complexity index is 867. The first-order chi connectivity index (χ1) is 12.1. The molecule has 0 aliphatic rings. The molecule has 0 aliphatic heterocycles. The van der Waals surface area contributed by atoms with Gasteiger partial charge in [0.05, 0.1) is 12.3 Å². The van der Waals surface area contributed by atoms with Gasteiger partial charge in [0, 0.05) is 12.1 Å². The molecule has 8 heteroatoms. The molecule has 130 valence electrons. The van der Waals surface area contributed by atoms with Crippen molar-refractivity contribution in [3.05, 3.63) is 41.7 Å². The summed E-state index contributed by atoms with van der Waals surface area (Å²) < 4.78 is 12.5. The Morgan fingerprint density at radius 1 is 1.24 bits per heavy atom. The van der Waals surface area contributed by atoms with Crippen LogP contribution in [-0.4, -0.2) is 32.5 Å². The molecule has 1 N–H and O–H groups in total. The van der Waals surface area contributed by atoms with E-state index in [1.54, 1.807) is 10.7 Å². The fourth-order valence-electron chi connectivity index (χ4n) is 2.38. The van der Waals surface area contributed by atoms with E-state index in [0.29, 0.717) is 24.7 Å². The number of nitrogens with zero attached hydrogens (tertiary/aromatic N) is 4. The summed E-state index contributed by atoms with van der Waals surface area (Å²) in [6, 6.07) is 9.03. The van der Waals surface area contributed by atoms with Gasteiger partial charge in [-0.1, -0.05) is 5.10 Å². The second-order valence-corrected chi connectivity index (χ2v) is 5.31. The number of amides is 1. The van der Waals surface area contributed by atoms with E-state index in [4.69, 9.17) is 9.15 Å². The number of rotatable bonds is 6. The summed E-state index contributed by atoms with van der Waals surface area (Å²) >= 11 is 0. The number of nitrogens with one attached hydrogen (secondary N) is 1. The predicted octanol–water partition coefficient (Wildman–Crippen LogP) is 2.91. The minimum absolute atomic E-state index is 0.0374. The largest absolute Gasteiger partial charge is 0.494 e. The molecule has 0 saturated carbocycles. The van der Waals surface area contributed by atoms with Crippen LogP contribution in [0.15, 0.2) is 34.7 Å². The van der Waals surface area contributed by atoms with Gasteiger partial charge in [-0.3, -0.25) is 14.8 Å². The molecule has 0 aliphatic carbocycles. The lowest BCUT2D eigenvalue weighted by molar-refractivity contribution is 0.101. The molecular formula is C17H19N5O3. The van der Waals surface area contributed by atoms with E-state index >= 15 is 0 Å². The van der Waals surface area contributed by atoms with Crippen molar-refractivity contribution in [1.82, 2.24) is 20.0 Å². The van der Waals surface area contributed by atoms with Crippen molar-refractivity contribution < 1.29 is 13.9 Å². The minimum Gasteiger partial charge on any atom is -0.494 e. The first-order valence-corrected chi connectivity index (χ1v) is 8.03. The standard InChI is InChI=1S/C17H19N5O3/c1-4-22-14(10-11(3)21-22)15(23)18-17-20-19-16(25-17)12-6-8-13(9-7-12)24-5-2/h6-10H,4-5H2,1-3H3,(H,18,20,23). The first kappa shape index (κ1) is 16.7. The monoisotopic (exact) mass is 341 g/mol. The zero-order valence-corrected chi connectivity index (χ0v) is 14.3. The SMILES string of the molecule is CCOc1ccc(-c2nnc(NC(=O)c3cc(C)nn3CC)o2)cc1. The number of hydrogen-bond donors (Lipinski definition) is 1. The van der Waals surface area contributed by atoms with E-state index in [2.05, 4.69) is 20.6 Å². The normalized spacial score (nSPS) is 10.7. The lowest BCUT2D eigenvalue weighted by atomic mass is 10.2. The van der Waals surface area contributed by atoms with Gasteiger partial charge in [-0.05, 0) is 51.1 Å². The Hall–Kier alpha value is -3.16. The molecule has 0 atom stereocenters. The van der Waals surface area contributed by atoms with Crippen molar-refractivity contribution in [3.63, 3.8) is 0 Å². The average molecular weight is 341 g/mol. The van der Waals surface area contributed by atoms with Crippen molar-refractivity contribution >= 4 is 11.9 Å². The fraction of sp³-hybridized carbons (Fsp3) is 0.294. The second-order valence-electron chi connectivity index (χ2n) is 5.31.